The largest absolute Gasteiger partial charge is 0.452 e. The quantitative estimate of drug-likeness (QED) is 0.751. The van der Waals surface area contributed by atoms with E-state index in [1.165, 1.54) is 4.90 Å². The van der Waals surface area contributed by atoms with E-state index < -0.39 is 6.10 Å². The number of hydrogen-bond acceptors (Lipinski definition) is 5. The maximum Gasteiger partial charge on any atom is 0.308 e. The summed E-state index contributed by atoms with van der Waals surface area (Å²) in [5.41, 5.74) is 2.17. The number of carbonyl (C=O) groups excluding carboxylic acids is 2. The summed E-state index contributed by atoms with van der Waals surface area (Å²) in [6.45, 7) is 2.10. The number of benzene rings is 2. The van der Waals surface area contributed by atoms with Crippen LogP contribution in [-0.4, -0.2) is 43.5 Å². The molecule has 0 aliphatic carbocycles. The van der Waals surface area contributed by atoms with Gasteiger partial charge in [-0.1, -0.05) is 36.0 Å². The Morgan fingerprint density at radius 1 is 1.04 bits per heavy atom. The van der Waals surface area contributed by atoms with Crippen molar-refractivity contribution in [1.29, 1.82) is 0 Å². The molecule has 1 heterocycles. The van der Waals surface area contributed by atoms with Crippen LogP contribution in [0.4, 0.5) is 11.4 Å². The number of hydrogen-bond donors (Lipinski definition) is 0. The third-order valence-electron chi connectivity index (χ3n) is 4.17. The van der Waals surface area contributed by atoms with Gasteiger partial charge in [0.15, 0.2) is 6.10 Å². The number of fused-ring (bicyclic) bond motifs is 2. The van der Waals surface area contributed by atoms with Gasteiger partial charge in [0.05, 0.1) is 17.8 Å². The average Bonchev–Trinajstić information content (AvgIpc) is 2.64. The Kier molecular flexibility index (Phi) is 5.52. The van der Waals surface area contributed by atoms with Crippen molar-refractivity contribution in [2.45, 2.75) is 29.2 Å². The molecule has 2 aromatic rings. The smallest absolute Gasteiger partial charge is 0.308 e. The normalized spacial score (nSPS) is 13.4. The third kappa shape index (κ3) is 3.85. The molecule has 0 bridgehead atoms. The summed E-state index contributed by atoms with van der Waals surface area (Å²) < 4.78 is 5.28. The summed E-state index contributed by atoms with van der Waals surface area (Å²) in [7, 11) is 3.29. The summed E-state index contributed by atoms with van der Waals surface area (Å²) in [5, 5.41) is 0. The number of carbonyl (C=O) groups is 2. The molecular weight excluding hydrogens is 348 g/mol. The highest BCUT2D eigenvalue weighted by atomic mass is 32.2. The minimum Gasteiger partial charge on any atom is -0.452 e. The Balaban J connectivity index is 1.72. The molecule has 0 N–H and O–H groups in total. The van der Waals surface area contributed by atoms with E-state index in [-0.39, 0.29) is 18.3 Å². The fourth-order valence-corrected chi connectivity index (χ4v) is 3.99. The Morgan fingerprint density at radius 2 is 1.58 bits per heavy atom. The summed E-state index contributed by atoms with van der Waals surface area (Å²) in [6, 6.07) is 16.3. The topological polar surface area (TPSA) is 49.9 Å². The molecule has 5 nitrogen and oxygen atoms in total. The van der Waals surface area contributed by atoms with Gasteiger partial charge in [-0.2, -0.15) is 0 Å². The van der Waals surface area contributed by atoms with Crippen LogP contribution in [0.1, 0.15) is 13.3 Å². The van der Waals surface area contributed by atoms with Gasteiger partial charge in [0, 0.05) is 30.4 Å². The Bertz CT molecular complexity index is 777. The molecular formula is C20H22N2O3S. The first-order chi connectivity index (χ1) is 12.5. The lowest BCUT2D eigenvalue weighted by Crippen LogP contribution is -2.35. The number of para-hydroxylation sites is 2. The number of ether oxygens (including phenoxy) is 1. The fourth-order valence-electron chi connectivity index (χ4n) is 2.90. The SMILES string of the molecule is CC(OC(=O)CCN1c2ccccc2Sc2ccccc21)C(=O)N(C)C. The lowest BCUT2D eigenvalue weighted by atomic mass is 10.2. The van der Waals surface area contributed by atoms with E-state index in [1.807, 2.05) is 24.3 Å². The maximum absolute atomic E-state index is 12.2. The highest BCUT2D eigenvalue weighted by Gasteiger charge is 2.24. The lowest BCUT2D eigenvalue weighted by molar-refractivity contribution is -0.157. The van der Waals surface area contributed by atoms with Gasteiger partial charge in [0.2, 0.25) is 0 Å². The van der Waals surface area contributed by atoms with Crippen molar-refractivity contribution < 1.29 is 14.3 Å². The molecule has 3 rings (SSSR count). The van der Waals surface area contributed by atoms with Crippen molar-refractivity contribution in [1.82, 2.24) is 4.90 Å². The molecule has 2 aromatic carbocycles. The number of rotatable bonds is 5. The molecule has 0 saturated heterocycles. The lowest BCUT2D eigenvalue weighted by Gasteiger charge is -2.32. The molecule has 0 aromatic heterocycles. The highest BCUT2D eigenvalue weighted by Crippen LogP contribution is 2.47. The molecule has 0 radical (unpaired) electrons. The van der Waals surface area contributed by atoms with Crippen molar-refractivity contribution in [2.24, 2.45) is 0 Å². The van der Waals surface area contributed by atoms with Crippen LogP contribution in [0.2, 0.25) is 0 Å². The first kappa shape index (κ1) is 18.3. The van der Waals surface area contributed by atoms with Gasteiger partial charge in [0.25, 0.3) is 5.91 Å². The van der Waals surface area contributed by atoms with Crippen molar-refractivity contribution >= 4 is 35.0 Å². The zero-order chi connectivity index (χ0) is 18.7. The molecule has 1 aliphatic rings. The van der Waals surface area contributed by atoms with Crippen LogP contribution < -0.4 is 4.90 Å². The van der Waals surface area contributed by atoms with Crippen molar-refractivity contribution in [3.8, 4) is 0 Å². The van der Waals surface area contributed by atoms with E-state index in [0.717, 1.165) is 21.2 Å². The van der Waals surface area contributed by atoms with E-state index in [9.17, 15) is 9.59 Å². The van der Waals surface area contributed by atoms with Gasteiger partial charge in [-0.05, 0) is 31.2 Å². The maximum atomic E-state index is 12.2. The first-order valence-electron chi connectivity index (χ1n) is 8.51. The second-order valence-corrected chi connectivity index (χ2v) is 7.39. The van der Waals surface area contributed by atoms with Gasteiger partial charge >= 0.3 is 5.97 Å². The predicted octanol–water partition coefficient (Wildman–Crippen LogP) is 3.70. The van der Waals surface area contributed by atoms with Crippen molar-refractivity contribution in [3.63, 3.8) is 0 Å². The third-order valence-corrected chi connectivity index (χ3v) is 5.30. The van der Waals surface area contributed by atoms with Crippen LogP contribution in [0.5, 0.6) is 0 Å². The summed E-state index contributed by atoms with van der Waals surface area (Å²) in [6.07, 6.45) is -0.563. The first-order valence-corrected chi connectivity index (χ1v) is 9.33. The summed E-state index contributed by atoms with van der Waals surface area (Å²) >= 11 is 1.73. The Labute approximate surface area is 157 Å². The van der Waals surface area contributed by atoms with Gasteiger partial charge in [-0.3, -0.25) is 9.59 Å². The Morgan fingerprint density at radius 3 is 2.12 bits per heavy atom. The van der Waals surface area contributed by atoms with Gasteiger partial charge in [-0.25, -0.2) is 0 Å². The van der Waals surface area contributed by atoms with Crippen molar-refractivity contribution in [3.05, 3.63) is 48.5 Å². The van der Waals surface area contributed by atoms with E-state index in [1.54, 1.807) is 32.8 Å². The van der Waals surface area contributed by atoms with E-state index in [4.69, 9.17) is 4.74 Å². The Hall–Kier alpha value is -2.47. The minimum absolute atomic E-state index is 0.207. The molecule has 1 amide bonds. The van der Waals surface area contributed by atoms with Crippen LogP contribution in [0.3, 0.4) is 0 Å². The van der Waals surface area contributed by atoms with Gasteiger partial charge in [-0.15, -0.1) is 0 Å². The number of esters is 1. The zero-order valence-electron chi connectivity index (χ0n) is 15.1. The highest BCUT2D eigenvalue weighted by molar-refractivity contribution is 7.99. The molecule has 1 unspecified atom stereocenters. The molecule has 0 saturated carbocycles. The average molecular weight is 370 g/mol. The number of anilines is 2. The second-order valence-electron chi connectivity index (χ2n) is 6.30. The molecule has 1 aliphatic heterocycles. The molecule has 26 heavy (non-hydrogen) atoms. The number of likely N-dealkylation sites (N-methyl/N-ethyl adjacent to an activating group) is 1. The van der Waals surface area contributed by atoms with Crippen LogP contribution in [0.25, 0.3) is 0 Å². The van der Waals surface area contributed by atoms with Crippen LogP contribution in [0.15, 0.2) is 58.3 Å². The second kappa shape index (κ2) is 7.83. The number of nitrogens with zero attached hydrogens (tertiary/aromatic N) is 2. The zero-order valence-corrected chi connectivity index (χ0v) is 16.0. The molecule has 0 spiro atoms. The fraction of sp³-hybridized carbons (Fsp3) is 0.300. The standard InChI is InChI=1S/C20H22N2O3S/c1-14(20(24)21(2)3)25-19(23)12-13-22-15-8-4-6-10-17(15)26-18-11-7-5-9-16(18)22/h4-11,14H,12-13H2,1-3H3. The van der Waals surface area contributed by atoms with Crippen LogP contribution >= 0.6 is 11.8 Å². The summed E-state index contributed by atoms with van der Waals surface area (Å²) in [5.74, 6) is -0.593. The van der Waals surface area contributed by atoms with Crippen LogP contribution in [-0.2, 0) is 14.3 Å². The van der Waals surface area contributed by atoms with Gasteiger partial charge in [0.1, 0.15) is 0 Å². The number of amides is 1. The van der Waals surface area contributed by atoms with E-state index >= 15 is 0 Å². The molecule has 6 heteroatoms. The van der Waals surface area contributed by atoms with E-state index in [2.05, 4.69) is 29.2 Å². The summed E-state index contributed by atoms with van der Waals surface area (Å²) in [4.78, 5) is 30.0. The molecule has 136 valence electrons. The van der Waals surface area contributed by atoms with Crippen LogP contribution in [0, 0.1) is 0 Å². The van der Waals surface area contributed by atoms with Gasteiger partial charge < -0.3 is 14.5 Å². The van der Waals surface area contributed by atoms with E-state index in [0.29, 0.717) is 6.54 Å². The monoisotopic (exact) mass is 370 g/mol. The molecule has 1 atom stereocenters. The minimum atomic E-state index is -0.769. The van der Waals surface area contributed by atoms with Crippen molar-refractivity contribution in [2.75, 3.05) is 25.5 Å². The molecule has 0 fully saturated rings. The predicted molar refractivity (Wildman–Crippen MR) is 103 cm³/mol.